The Morgan fingerprint density at radius 3 is 2.35 bits per heavy atom. The van der Waals surface area contributed by atoms with Gasteiger partial charge in [-0.15, -0.1) is 48.0 Å². The number of para-hydroxylation sites is 2. The molecule has 0 fully saturated rings. The molecule has 0 bridgehead atoms. The van der Waals surface area contributed by atoms with Gasteiger partial charge in [-0.2, -0.15) is 11.3 Å². The second kappa shape index (κ2) is 15.1. The molecule has 3 heterocycles. The molecule has 0 saturated carbocycles. The van der Waals surface area contributed by atoms with Crippen LogP contribution in [0.4, 0.5) is 4.39 Å². The first-order valence-corrected chi connectivity index (χ1v) is 21.3. The van der Waals surface area contributed by atoms with E-state index in [0.29, 0.717) is 0 Å². The quantitative estimate of drug-likeness (QED) is 0.123. The third-order valence-corrected chi connectivity index (χ3v) is 12.2. The standard InChI is InChI=1S/C27H18FN2S.C17H22NSi.Ir/c1-2-30-23-9-5-4-8-22(23)29-27(30)21-16-15-19(17-11-13-18(28)14-12-17)25-20-7-3-6-10-24(20)31-26(21)25;1-13(2)15-11-16(14-9-7-6-8-10-14)18-12-17(15)19(3,4)5;/h3-15H,2H2,1H3;6-9,11-13H,1-5H3;/q2*-1;/i;13D;. The van der Waals surface area contributed by atoms with Crippen LogP contribution in [0, 0.1) is 17.9 Å². The van der Waals surface area contributed by atoms with Gasteiger partial charge in [-0.3, -0.25) is 4.98 Å². The molecule has 0 N–H and O–H groups in total. The van der Waals surface area contributed by atoms with Crippen LogP contribution in [0.25, 0.3) is 65.0 Å². The maximum Gasteiger partial charge on any atom is 0.123 e. The van der Waals surface area contributed by atoms with Gasteiger partial charge in [0.25, 0.3) is 0 Å². The van der Waals surface area contributed by atoms with E-state index in [9.17, 15) is 4.39 Å². The Morgan fingerprint density at radius 1 is 0.922 bits per heavy atom. The minimum Gasteiger partial charge on any atom is -0.364 e. The van der Waals surface area contributed by atoms with Crippen LogP contribution >= 0.6 is 11.3 Å². The van der Waals surface area contributed by atoms with Crippen molar-refractivity contribution in [2.45, 2.75) is 52.9 Å². The van der Waals surface area contributed by atoms with E-state index in [1.165, 1.54) is 32.8 Å². The van der Waals surface area contributed by atoms with Gasteiger partial charge in [0.05, 0.1) is 24.9 Å². The molecule has 0 aliphatic carbocycles. The summed E-state index contributed by atoms with van der Waals surface area (Å²) in [5.41, 5.74) is 8.18. The van der Waals surface area contributed by atoms with E-state index in [4.69, 9.17) is 6.35 Å². The number of imidazole rings is 1. The number of thiophene rings is 1. The molecule has 0 aliphatic heterocycles. The number of rotatable bonds is 6. The SMILES string of the molecule is CCn1c(-c2[c-]cc(-c3ccc(F)cc3)c3c2sc2ccccc23)nc2ccccc21.[2H]C(C)(C)c1cc(-c2[c-]cccc2)ncc1[Si](C)(C)C.[Ir]. The van der Waals surface area contributed by atoms with Crippen LogP contribution in [-0.4, -0.2) is 22.6 Å². The Hall–Kier alpha value is -4.26. The van der Waals surface area contributed by atoms with E-state index < -0.39 is 14.0 Å². The minimum absolute atomic E-state index is 0. The molecule has 259 valence electrons. The second-order valence-corrected chi connectivity index (χ2v) is 19.8. The molecule has 0 spiro atoms. The molecule has 1 radical (unpaired) electrons. The first kappa shape index (κ1) is 35.2. The average molecular weight is 883 g/mol. The van der Waals surface area contributed by atoms with Gasteiger partial charge in [-0.1, -0.05) is 110 Å². The van der Waals surface area contributed by atoms with Crippen molar-refractivity contribution in [1.82, 2.24) is 14.5 Å². The molecular formula is C44H40FIrN3SSi-2. The van der Waals surface area contributed by atoms with Crippen LogP contribution in [0.3, 0.4) is 0 Å². The molecule has 3 aromatic heterocycles. The summed E-state index contributed by atoms with van der Waals surface area (Å²) in [5.74, 6) is 0.0978. The normalized spacial score (nSPS) is 12.0. The molecule has 5 aromatic carbocycles. The molecule has 0 saturated heterocycles. The number of fused-ring (bicyclic) bond motifs is 4. The zero-order valence-electron chi connectivity index (χ0n) is 30.6. The van der Waals surface area contributed by atoms with E-state index in [2.05, 4.69) is 96.8 Å². The number of aromatic nitrogens is 3. The summed E-state index contributed by atoms with van der Waals surface area (Å²) < 4.78 is 26.6. The second-order valence-electron chi connectivity index (χ2n) is 13.7. The van der Waals surface area contributed by atoms with Crippen LogP contribution in [0.5, 0.6) is 0 Å². The zero-order valence-corrected chi connectivity index (χ0v) is 33.8. The maximum absolute atomic E-state index is 13.6. The van der Waals surface area contributed by atoms with Crippen LogP contribution < -0.4 is 5.19 Å². The third kappa shape index (κ3) is 7.27. The van der Waals surface area contributed by atoms with Gasteiger partial charge in [0.15, 0.2) is 0 Å². The fraction of sp³-hybridized carbons (Fsp3) is 0.182. The Kier molecular flexibility index (Phi) is 10.4. The van der Waals surface area contributed by atoms with Gasteiger partial charge in [0.2, 0.25) is 0 Å². The molecule has 0 amide bonds. The number of halogens is 1. The van der Waals surface area contributed by atoms with Crippen molar-refractivity contribution in [3.63, 3.8) is 0 Å². The summed E-state index contributed by atoms with van der Waals surface area (Å²) in [7, 11) is -1.50. The molecule has 51 heavy (non-hydrogen) atoms. The maximum atomic E-state index is 13.6. The summed E-state index contributed by atoms with van der Waals surface area (Å²) >= 11 is 1.77. The molecule has 0 aliphatic rings. The van der Waals surface area contributed by atoms with Crippen molar-refractivity contribution in [3.05, 3.63) is 139 Å². The van der Waals surface area contributed by atoms with Crippen molar-refractivity contribution >= 4 is 55.8 Å². The Bertz CT molecular complexity index is 2500. The topological polar surface area (TPSA) is 30.7 Å². The summed E-state index contributed by atoms with van der Waals surface area (Å²) in [6, 6.07) is 42.1. The molecule has 0 atom stereocenters. The fourth-order valence-corrected chi connectivity index (χ4v) is 9.35. The largest absolute Gasteiger partial charge is 0.364 e. The summed E-state index contributed by atoms with van der Waals surface area (Å²) in [4.78, 5) is 9.59. The molecule has 7 heteroatoms. The number of aryl methyl sites for hydroxylation is 1. The van der Waals surface area contributed by atoms with E-state index >= 15 is 0 Å². The van der Waals surface area contributed by atoms with Crippen molar-refractivity contribution in [2.75, 3.05) is 0 Å². The van der Waals surface area contributed by atoms with Crippen LogP contribution in [0.15, 0.2) is 115 Å². The fourth-order valence-electron chi connectivity index (χ4n) is 6.55. The number of hydrogen-bond acceptors (Lipinski definition) is 3. The van der Waals surface area contributed by atoms with Gasteiger partial charge < -0.3 is 9.55 Å². The van der Waals surface area contributed by atoms with Gasteiger partial charge >= 0.3 is 0 Å². The smallest absolute Gasteiger partial charge is 0.123 e. The monoisotopic (exact) mass is 883 g/mol. The minimum atomic E-state index is -1.50. The Morgan fingerprint density at radius 2 is 1.65 bits per heavy atom. The van der Waals surface area contributed by atoms with Crippen molar-refractivity contribution in [2.24, 2.45) is 0 Å². The predicted molar refractivity (Wildman–Crippen MR) is 214 cm³/mol. The molecule has 3 nitrogen and oxygen atoms in total. The predicted octanol–water partition coefficient (Wildman–Crippen LogP) is 11.9. The van der Waals surface area contributed by atoms with Crippen LogP contribution in [0.1, 0.15) is 33.6 Å². The van der Waals surface area contributed by atoms with Gasteiger partial charge in [0, 0.05) is 38.9 Å². The van der Waals surface area contributed by atoms with Crippen molar-refractivity contribution < 1.29 is 25.9 Å². The molecule has 0 unspecified atom stereocenters. The zero-order chi connectivity index (χ0) is 35.9. The first-order chi connectivity index (χ1) is 24.4. The summed E-state index contributed by atoms with van der Waals surface area (Å²) in [6.45, 7) is 13.8. The van der Waals surface area contributed by atoms with Crippen LogP contribution in [-0.2, 0) is 26.7 Å². The van der Waals surface area contributed by atoms with Gasteiger partial charge in [-0.05, 0) is 64.1 Å². The summed E-state index contributed by atoms with van der Waals surface area (Å²) in [6.07, 6.45) is 1.98. The third-order valence-electron chi connectivity index (χ3n) is 9.04. The van der Waals surface area contributed by atoms with Gasteiger partial charge in [-0.25, -0.2) is 4.39 Å². The van der Waals surface area contributed by atoms with E-state index in [1.807, 2.05) is 68.6 Å². The molecule has 8 rings (SSSR count). The average Bonchev–Trinajstić information content (AvgIpc) is 3.70. The van der Waals surface area contributed by atoms with E-state index in [-0.39, 0.29) is 25.9 Å². The first-order valence-electron chi connectivity index (χ1n) is 17.5. The Labute approximate surface area is 320 Å². The summed E-state index contributed by atoms with van der Waals surface area (Å²) in [5, 5.41) is 3.66. The number of benzene rings is 5. The Balaban J connectivity index is 0.000000193. The van der Waals surface area contributed by atoms with Gasteiger partial charge in [0.1, 0.15) is 5.82 Å². The number of hydrogen-bond donors (Lipinski definition) is 0. The van der Waals surface area contributed by atoms with E-state index in [0.717, 1.165) is 61.6 Å². The van der Waals surface area contributed by atoms with Crippen molar-refractivity contribution in [1.29, 1.82) is 0 Å². The number of pyridine rings is 1. The number of nitrogens with zero attached hydrogens (tertiary/aromatic N) is 3. The van der Waals surface area contributed by atoms with E-state index in [1.54, 1.807) is 11.3 Å². The molecule has 8 aromatic rings. The van der Waals surface area contributed by atoms with Crippen molar-refractivity contribution in [3.8, 4) is 33.8 Å². The van der Waals surface area contributed by atoms with Crippen LogP contribution in [0.2, 0.25) is 19.6 Å². The molecular weight excluding hydrogens is 842 g/mol.